The number of carbonyl (C=O) groups is 1. The molecule has 1 aliphatic rings. The van der Waals surface area contributed by atoms with E-state index in [0.717, 1.165) is 10.9 Å². The lowest BCUT2D eigenvalue weighted by atomic mass is 9.93. The summed E-state index contributed by atoms with van der Waals surface area (Å²) in [6, 6.07) is 7.96. The summed E-state index contributed by atoms with van der Waals surface area (Å²) in [4.78, 5) is 35.8. The van der Waals surface area contributed by atoms with Crippen molar-refractivity contribution in [3.63, 3.8) is 0 Å². The summed E-state index contributed by atoms with van der Waals surface area (Å²) in [7, 11) is 0. The second kappa shape index (κ2) is 6.49. The monoisotopic (exact) mass is 387 g/mol. The summed E-state index contributed by atoms with van der Waals surface area (Å²) in [5, 5.41) is 30.7. The van der Waals surface area contributed by atoms with Crippen LogP contribution in [-0.4, -0.2) is 65.5 Å². The number of aliphatic hydroxyl groups excluding tert-OH is 3. The van der Waals surface area contributed by atoms with Gasteiger partial charge in [-0.25, -0.2) is 4.98 Å². The Kier molecular flexibility index (Phi) is 4.23. The van der Waals surface area contributed by atoms with E-state index in [1.165, 1.54) is 12.1 Å². The Labute approximate surface area is 157 Å². The molecule has 4 atom stereocenters. The molecule has 1 aliphatic heterocycles. The molecule has 0 bridgehead atoms. The van der Waals surface area contributed by atoms with Gasteiger partial charge in [0.25, 0.3) is 5.56 Å². The number of hydrogen-bond donors (Lipinski definition) is 5. The van der Waals surface area contributed by atoms with Crippen molar-refractivity contribution in [1.82, 2.24) is 19.5 Å². The molecule has 146 valence electrons. The number of hydrogen-bond acceptors (Lipinski definition) is 9. The molecule has 0 saturated carbocycles. The molecule has 4 rings (SSSR count). The van der Waals surface area contributed by atoms with Crippen LogP contribution in [0.3, 0.4) is 0 Å². The summed E-state index contributed by atoms with van der Waals surface area (Å²) in [6.07, 6.45) is -3.51. The van der Waals surface area contributed by atoms with E-state index >= 15 is 0 Å². The highest BCUT2D eigenvalue weighted by atomic mass is 16.6. The van der Waals surface area contributed by atoms with Gasteiger partial charge < -0.3 is 25.8 Å². The number of ketones is 1. The van der Waals surface area contributed by atoms with Gasteiger partial charge in [-0.1, -0.05) is 30.3 Å². The number of anilines is 1. The molecule has 3 heterocycles. The summed E-state index contributed by atoms with van der Waals surface area (Å²) >= 11 is 0. The van der Waals surface area contributed by atoms with E-state index in [-0.39, 0.29) is 22.7 Å². The number of nitrogens with one attached hydrogen (secondary N) is 1. The molecule has 11 heteroatoms. The maximum absolute atomic E-state index is 13.4. The lowest BCUT2D eigenvalue weighted by Gasteiger charge is -2.32. The van der Waals surface area contributed by atoms with E-state index < -0.39 is 42.0 Å². The number of nitrogen functional groups attached to an aromatic ring is 1. The van der Waals surface area contributed by atoms with Gasteiger partial charge in [-0.2, -0.15) is 4.98 Å². The normalized spacial score (nSPS) is 27.3. The smallest absolute Gasteiger partial charge is 0.280 e. The lowest BCUT2D eigenvalue weighted by Crippen LogP contribution is -2.51. The van der Waals surface area contributed by atoms with Crippen LogP contribution in [0, 0.1) is 0 Å². The fourth-order valence-corrected chi connectivity index (χ4v) is 3.41. The maximum Gasteiger partial charge on any atom is 0.280 e. The van der Waals surface area contributed by atoms with Crippen molar-refractivity contribution in [2.45, 2.75) is 24.0 Å². The second-order valence-electron chi connectivity index (χ2n) is 6.40. The zero-order valence-electron chi connectivity index (χ0n) is 14.4. The van der Waals surface area contributed by atoms with Gasteiger partial charge in [0.2, 0.25) is 17.5 Å². The van der Waals surface area contributed by atoms with Crippen molar-refractivity contribution in [1.29, 1.82) is 0 Å². The van der Waals surface area contributed by atoms with Crippen LogP contribution >= 0.6 is 0 Å². The maximum atomic E-state index is 13.4. The van der Waals surface area contributed by atoms with Crippen molar-refractivity contribution in [2.24, 2.45) is 0 Å². The lowest BCUT2D eigenvalue weighted by molar-refractivity contribution is -0.113. The van der Waals surface area contributed by atoms with E-state index in [9.17, 15) is 24.9 Å². The highest BCUT2D eigenvalue weighted by molar-refractivity contribution is 6.02. The molecule has 28 heavy (non-hydrogen) atoms. The molecular weight excluding hydrogens is 370 g/mol. The highest BCUT2D eigenvalue weighted by Gasteiger charge is 2.60. The number of ether oxygens (including phenoxy) is 1. The molecule has 1 saturated heterocycles. The van der Waals surface area contributed by atoms with Gasteiger partial charge in [-0.15, -0.1) is 0 Å². The van der Waals surface area contributed by atoms with Crippen molar-refractivity contribution in [2.75, 3.05) is 12.3 Å². The Bertz CT molecular complexity index is 1100. The summed E-state index contributed by atoms with van der Waals surface area (Å²) in [6.45, 7) is -0.648. The van der Waals surface area contributed by atoms with Gasteiger partial charge in [0, 0.05) is 5.56 Å². The fourth-order valence-electron chi connectivity index (χ4n) is 3.41. The van der Waals surface area contributed by atoms with Crippen LogP contribution in [0.15, 0.2) is 41.5 Å². The van der Waals surface area contributed by atoms with Gasteiger partial charge in [-0.05, 0) is 0 Å². The summed E-state index contributed by atoms with van der Waals surface area (Å²) in [5.74, 6) is -0.941. The topological polar surface area (TPSA) is 177 Å². The van der Waals surface area contributed by atoms with Gasteiger partial charge in [0.05, 0.1) is 6.61 Å². The largest absolute Gasteiger partial charge is 0.394 e. The van der Waals surface area contributed by atoms with Gasteiger partial charge in [0.15, 0.2) is 11.2 Å². The number of H-pyrrole nitrogens is 1. The zero-order chi connectivity index (χ0) is 20.1. The van der Waals surface area contributed by atoms with Crippen LogP contribution in [0.1, 0.15) is 10.4 Å². The van der Waals surface area contributed by atoms with Gasteiger partial charge in [0.1, 0.15) is 24.6 Å². The van der Waals surface area contributed by atoms with E-state index in [4.69, 9.17) is 10.5 Å². The van der Waals surface area contributed by atoms with Crippen LogP contribution in [0.5, 0.6) is 0 Å². The van der Waals surface area contributed by atoms with Crippen LogP contribution in [0.4, 0.5) is 5.95 Å². The van der Waals surface area contributed by atoms with Crippen LogP contribution in [0.25, 0.3) is 11.2 Å². The number of aliphatic hydroxyl groups is 3. The number of benzene rings is 1. The molecule has 1 aromatic carbocycles. The first-order valence-electron chi connectivity index (χ1n) is 8.38. The molecule has 0 amide bonds. The first kappa shape index (κ1) is 18.3. The number of aromatic nitrogens is 4. The molecular formula is C17H17N5O6. The number of nitrogens with zero attached hydrogens (tertiary/aromatic N) is 3. The minimum Gasteiger partial charge on any atom is -0.394 e. The average molecular weight is 387 g/mol. The van der Waals surface area contributed by atoms with E-state index in [1.807, 2.05) is 0 Å². The van der Waals surface area contributed by atoms with Gasteiger partial charge in [-0.3, -0.25) is 19.1 Å². The average Bonchev–Trinajstić information content (AvgIpc) is 3.23. The van der Waals surface area contributed by atoms with Crippen molar-refractivity contribution < 1.29 is 24.9 Å². The third-order valence-corrected chi connectivity index (χ3v) is 4.76. The molecule has 6 N–H and O–H groups in total. The number of Topliss-reactive ketones (excluding diaryl/α,β-unsaturated/α-hetero) is 1. The number of rotatable bonds is 4. The first-order valence-corrected chi connectivity index (χ1v) is 8.38. The first-order chi connectivity index (χ1) is 13.4. The van der Waals surface area contributed by atoms with Crippen molar-refractivity contribution >= 4 is 22.9 Å². The predicted octanol–water partition coefficient (Wildman–Crippen LogP) is -1.65. The third kappa shape index (κ3) is 2.45. The molecule has 1 fully saturated rings. The number of aromatic amines is 1. The Morgan fingerprint density at radius 3 is 2.68 bits per heavy atom. The minimum atomic E-state index is -2.21. The standard InChI is InChI=1S/C17H17N5O6/c18-16-20-14-10(15(27)21-16)19-7-22(14)17(12(25)8-4-2-1-3-5-8)13(26)11(24)9(6-23)28-17/h1-5,7,9,11,13,23-24,26H,6H2,(H3,18,20,21,27)/t9-,11-,13-,17-/m1/s1. The summed E-state index contributed by atoms with van der Waals surface area (Å²) < 4.78 is 6.76. The quantitative estimate of drug-likeness (QED) is 0.328. The number of fused-ring (bicyclic) bond motifs is 1. The summed E-state index contributed by atoms with van der Waals surface area (Å²) in [5.41, 5.74) is 2.68. The Morgan fingerprint density at radius 2 is 2.04 bits per heavy atom. The van der Waals surface area contributed by atoms with Crippen LogP contribution in [0.2, 0.25) is 0 Å². The Balaban J connectivity index is 2.00. The number of carbonyl (C=O) groups excluding carboxylic acids is 1. The molecule has 0 spiro atoms. The Hall–Kier alpha value is -3.12. The van der Waals surface area contributed by atoms with Gasteiger partial charge >= 0.3 is 0 Å². The molecule has 2 aromatic heterocycles. The van der Waals surface area contributed by atoms with E-state index in [1.54, 1.807) is 18.2 Å². The predicted molar refractivity (Wildman–Crippen MR) is 95.3 cm³/mol. The van der Waals surface area contributed by atoms with Crippen LogP contribution < -0.4 is 11.3 Å². The molecule has 3 aromatic rings. The van der Waals surface area contributed by atoms with Crippen molar-refractivity contribution in [3.8, 4) is 0 Å². The van der Waals surface area contributed by atoms with Crippen LogP contribution in [-0.2, 0) is 10.5 Å². The third-order valence-electron chi connectivity index (χ3n) is 4.76. The van der Waals surface area contributed by atoms with Crippen molar-refractivity contribution in [3.05, 3.63) is 52.6 Å². The second-order valence-corrected chi connectivity index (χ2v) is 6.40. The minimum absolute atomic E-state index is 0.115. The fraction of sp³-hybridized carbons (Fsp3) is 0.294. The SMILES string of the molecule is Nc1nc2c(ncn2[C@]2(C(=O)c3ccccc3)O[C@H](CO)[C@@H](O)[C@H]2O)c(=O)[nH]1. The number of imidazole rings is 1. The van der Waals surface area contributed by atoms with E-state index in [2.05, 4.69) is 15.0 Å². The zero-order valence-corrected chi connectivity index (χ0v) is 14.4. The van der Waals surface area contributed by atoms with E-state index in [0.29, 0.717) is 0 Å². The molecule has 11 nitrogen and oxygen atoms in total. The molecule has 0 radical (unpaired) electrons. The molecule has 0 unspecified atom stereocenters. The molecule has 0 aliphatic carbocycles. The highest BCUT2D eigenvalue weighted by Crippen LogP contribution is 2.39. The number of nitrogens with two attached hydrogens (primary N) is 1. The Morgan fingerprint density at radius 1 is 1.32 bits per heavy atom.